The number of anilines is 1. The van der Waals surface area contributed by atoms with Crippen LogP contribution in [0.2, 0.25) is 0 Å². The Morgan fingerprint density at radius 3 is 2.38 bits per heavy atom. The third-order valence-corrected chi connectivity index (χ3v) is 9.51. The number of aromatic hydroxyl groups is 1. The third kappa shape index (κ3) is 3.82. The first-order valence-electron chi connectivity index (χ1n) is 13.9. The van der Waals surface area contributed by atoms with Gasteiger partial charge in [-0.2, -0.15) is 0 Å². The number of amides is 2. The number of carbonyl (C=O) groups is 3. The van der Waals surface area contributed by atoms with Gasteiger partial charge in [0.2, 0.25) is 0 Å². The summed E-state index contributed by atoms with van der Waals surface area (Å²) in [6.07, 6.45) is 1.49. The number of hydrogen-bond acceptors (Lipinski definition) is 5. The number of imide groups is 1. The van der Waals surface area contributed by atoms with Crippen molar-refractivity contribution >= 4 is 39.2 Å². The Labute approximate surface area is 250 Å². The summed E-state index contributed by atoms with van der Waals surface area (Å²) in [5.41, 5.74) is 1.24. The molecule has 0 unspecified atom stereocenters. The summed E-state index contributed by atoms with van der Waals surface area (Å²) >= 11 is 3.43. The molecule has 3 heterocycles. The Balaban J connectivity index is 1.46. The number of nitrogens with zero attached hydrogens (tertiary/aromatic N) is 2. The highest BCUT2D eigenvalue weighted by atomic mass is 79.9. The van der Waals surface area contributed by atoms with E-state index in [1.54, 1.807) is 54.6 Å². The number of hydrogen-bond donors (Lipinski definition) is 1. The van der Waals surface area contributed by atoms with E-state index in [2.05, 4.69) is 20.8 Å². The molecule has 42 heavy (non-hydrogen) atoms. The highest BCUT2D eigenvalue weighted by molar-refractivity contribution is 9.10. The molecular formula is C34H26BrFN2O4. The molecule has 0 aliphatic carbocycles. The SMILES string of the molecule is O=C(c1ccc(O)cc1)[C@@H]1[C@@H]2CCCN2[C@]2(C(=O)N(C(=O)c3cccc(Br)c3)c3ccccc32)[C@H]1c1ccc(F)cc1. The normalized spacial score (nSPS) is 24.7. The van der Waals surface area contributed by atoms with Crippen LogP contribution in [0.15, 0.2) is 102 Å². The van der Waals surface area contributed by atoms with Gasteiger partial charge in [-0.05, 0) is 85.6 Å². The fraction of sp³-hybridized carbons (Fsp3) is 0.206. The molecule has 1 spiro atoms. The van der Waals surface area contributed by atoms with Crippen molar-refractivity contribution in [2.45, 2.75) is 30.3 Å². The van der Waals surface area contributed by atoms with Crippen LogP contribution in [-0.4, -0.2) is 40.2 Å². The minimum absolute atomic E-state index is 0.0496. The molecule has 8 heteroatoms. The molecule has 2 amide bonds. The van der Waals surface area contributed by atoms with E-state index in [9.17, 15) is 19.1 Å². The van der Waals surface area contributed by atoms with Crippen LogP contribution < -0.4 is 4.90 Å². The molecule has 210 valence electrons. The molecule has 3 aliphatic rings. The second-order valence-electron chi connectivity index (χ2n) is 11.1. The second-order valence-corrected chi connectivity index (χ2v) is 12.0. The first-order chi connectivity index (χ1) is 20.3. The van der Waals surface area contributed by atoms with Crippen LogP contribution in [-0.2, 0) is 10.3 Å². The average Bonchev–Trinajstić information content (AvgIpc) is 3.65. The standard InChI is InChI=1S/C34H26BrFN2O4/c35-23-6-3-5-22(19-23)32(41)38-27-8-2-1-7-26(27)34(33(38)42)30(20-10-14-24(36)15-11-20)29(28-9-4-18-37(28)34)31(40)21-12-16-25(39)17-13-21/h1-3,5-8,10-17,19,28-30,39H,4,9,18H2/t28-,29+,30-,34-/m0/s1. The lowest BCUT2D eigenvalue weighted by molar-refractivity contribution is -0.128. The van der Waals surface area contributed by atoms with E-state index in [-0.39, 0.29) is 17.6 Å². The quantitative estimate of drug-likeness (QED) is 0.209. The molecule has 2 saturated heterocycles. The smallest absolute Gasteiger partial charge is 0.265 e. The van der Waals surface area contributed by atoms with Gasteiger partial charge in [0, 0.05) is 39.0 Å². The Morgan fingerprint density at radius 1 is 0.905 bits per heavy atom. The minimum atomic E-state index is -1.35. The van der Waals surface area contributed by atoms with Gasteiger partial charge in [-0.25, -0.2) is 9.29 Å². The maximum absolute atomic E-state index is 15.1. The Morgan fingerprint density at radius 2 is 1.64 bits per heavy atom. The maximum Gasteiger partial charge on any atom is 0.265 e. The van der Waals surface area contributed by atoms with Crippen molar-refractivity contribution in [3.63, 3.8) is 0 Å². The van der Waals surface area contributed by atoms with Crippen LogP contribution in [0, 0.1) is 11.7 Å². The molecule has 4 aromatic carbocycles. The molecule has 7 rings (SSSR count). The van der Waals surface area contributed by atoms with E-state index in [0.717, 1.165) is 6.42 Å². The molecule has 4 aromatic rings. The van der Waals surface area contributed by atoms with E-state index in [1.807, 2.05) is 18.2 Å². The molecule has 0 radical (unpaired) electrons. The summed E-state index contributed by atoms with van der Waals surface area (Å²) in [7, 11) is 0. The zero-order valence-electron chi connectivity index (χ0n) is 22.4. The van der Waals surface area contributed by atoms with Gasteiger partial charge in [-0.1, -0.05) is 52.3 Å². The van der Waals surface area contributed by atoms with Crippen LogP contribution in [0.25, 0.3) is 0 Å². The number of ketones is 1. The van der Waals surface area contributed by atoms with E-state index in [4.69, 9.17) is 0 Å². The second kappa shape index (κ2) is 10.00. The van der Waals surface area contributed by atoms with Crippen LogP contribution >= 0.6 is 15.9 Å². The minimum Gasteiger partial charge on any atom is -0.508 e. The lowest BCUT2D eigenvalue weighted by atomic mass is 9.68. The highest BCUT2D eigenvalue weighted by Crippen LogP contribution is 2.63. The largest absolute Gasteiger partial charge is 0.508 e. The number of halogens is 2. The van der Waals surface area contributed by atoms with Gasteiger partial charge in [0.25, 0.3) is 11.8 Å². The van der Waals surface area contributed by atoms with E-state index in [0.29, 0.717) is 45.4 Å². The molecule has 3 aliphatic heterocycles. The fourth-order valence-corrected chi connectivity index (χ4v) is 7.84. The van der Waals surface area contributed by atoms with Gasteiger partial charge in [0.05, 0.1) is 5.69 Å². The summed E-state index contributed by atoms with van der Waals surface area (Å²) in [4.78, 5) is 46.9. The lowest BCUT2D eigenvalue weighted by Crippen LogP contribution is -2.53. The molecule has 4 atom stereocenters. The molecule has 0 bridgehead atoms. The number of para-hydroxylation sites is 1. The number of fused-ring (bicyclic) bond motifs is 4. The van der Waals surface area contributed by atoms with Gasteiger partial charge in [0.15, 0.2) is 5.78 Å². The molecule has 0 aromatic heterocycles. The van der Waals surface area contributed by atoms with Crippen molar-refractivity contribution < 1.29 is 23.9 Å². The topological polar surface area (TPSA) is 77.9 Å². The number of phenols is 1. The monoisotopic (exact) mass is 624 g/mol. The average molecular weight is 625 g/mol. The summed E-state index contributed by atoms with van der Waals surface area (Å²) in [6, 6.07) is 26.1. The number of phenolic OH excluding ortho intramolecular Hbond substituents is 1. The van der Waals surface area contributed by atoms with Crippen molar-refractivity contribution in [1.82, 2.24) is 4.90 Å². The maximum atomic E-state index is 15.1. The summed E-state index contributed by atoms with van der Waals surface area (Å²) in [5, 5.41) is 9.87. The van der Waals surface area contributed by atoms with E-state index >= 15 is 4.79 Å². The van der Waals surface area contributed by atoms with Crippen LogP contribution in [0.1, 0.15) is 50.6 Å². The lowest BCUT2D eigenvalue weighted by Gasteiger charge is -2.38. The third-order valence-electron chi connectivity index (χ3n) is 9.02. The predicted octanol–water partition coefficient (Wildman–Crippen LogP) is 6.44. The highest BCUT2D eigenvalue weighted by Gasteiger charge is 2.70. The Bertz CT molecular complexity index is 1740. The van der Waals surface area contributed by atoms with Crippen molar-refractivity contribution in [2.75, 3.05) is 11.4 Å². The van der Waals surface area contributed by atoms with E-state index in [1.165, 1.54) is 29.2 Å². The zero-order chi connectivity index (χ0) is 29.2. The molecule has 2 fully saturated rings. The molecule has 6 nitrogen and oxygen atoms in total. The van der Waals surface area contributed by atoms with Gasteiger partial charge in [-0.3, -0.25) is 19.3 Å². The van der Waals surface area contributed by atoms with Crippen molar-refractivity contribution in [2.24, 2.45) is 5.92 Å². The van der Waals surface area contributed by atoms with Crippen LogP contribution in [0.3, 0.4) is 0 Å². The van der Waals surface area contributed by atoms with Crippen LogP contribution in [0.4, 0.5) is 10.1 Å². The Hall–Kier alpha value is -4.14. The summed E-state index contributed by atoms with van der Waals surface area (Å²) in [5.74, 6) is -2.73. The molecule has 1 N–H and O–H groups in total. The fourth-order valence-electron chi connectivity index (χ4n) is 7.44. The summed E-state index contributed by atoms with van der Waals surface area (Å²) in [6.45, 7) is 0.570. The van der Waals surface area contributed by atoms with Gasteiger partial charge >= 0.3 is 0 Å². The number of rotatable bonds is 4. The Kier molecular flexibility index (Phi) is 6.36. The van der Waals surface area contributed by atoms with Crippen LogP contribution in [0.5, 0.6) is 5.75 Å². The van der Waals surface area contributed by atoms with Gasteiger partial charge < -0.3 is 5.11 Å². The van der Waals surface area contributed by atoms with E-state index < -0.39 is 35.0 Å². The zero-order valence-corrected chi connectivity index (χ0v) is 24.0. The van der Waals surface area contributed by atoms with Gasteiger partial charge in [-0.15, -0.1) is 0 Å². The number of Topliss-reactive ketones (excluding diaryl/α,β-unsaturated/α-hetero) is 1. The van der Waals surface area contributed by atoms with Crippen molar-refractivity contribution in [3.8, 4) is 5.75 Å². The summed E-state index contributed by atoms with van der Waals surface area (Å²) < 4.78 is 14.9. The number of carbonyl (C=O) groups excluding carboxylic acids is 3. The first kappa shape index (κ1) is 26.7. The van der Waals surface area contributed by atoms with Gasteiger partial charge in [0.1, 0.15) is 17.1 Å². The number of benzene rings is 4. The predicted molar refractivity (Wildman–Crippen MR) is 159 cm³/mol. The van der Waals surface area contributed by atoms with Crippen molar-refractivity contribution in [1.29, 1.82) is 0 Å². The molecular weight excluding hydrogens is 599 g/mol. The first-order valence-corrected chi connectivity index (χ1v) is 14.7. The van der Waals surface area contributed by atoms with Crippen molar-refractivity contribution in [3.05, 3.63) is 130 Å². The molecule has 0 saturated carbocycles.